The lowest BCUT2D eigenvalue weighted by atomic mass is 10.1. The summed E-state index contributed by atoms with van der Waals surface area (Å²) in [7, 11) is 0. The molecule has 2 heterocycles. The van der Waals surface area contributed by atoms with Gasteiger partial charge in [-0.05, 0) is 39.3 Å². The molecule has 0 bridgehead atoms. The fourth-order valence-corrected chi connectivity index (χ4v) is 2.66. The highest BCUT2D eigenvalue weighted by atomic mass is 16.5. The molecular weight excluding hydrogens is 292 g/mol. The first kappa shape index (κ1) is 15.3. The maximum Gasteiger partial charge on any atom is 0.220 e. The maximum atomic E-state index is 12.2. The molecule has 3 rings (SSSR count). The number of para-hydroxylation sites is 2. The van der Waals surface area contributed by atoms with Crippen LogP contribution in [0.4, 0.5) is 0 Å². The van der Waals surface area contributed by atoms with E-state index in [2.05, 4.69) is 20.4 Å². The van der Waals surface area contributed by atoms with Gasteiger partial charge in [0.05, 0.1) is 22.8 Å². The number of hydrogen-bond acceptors (Lipinski definition) is 4. The van der Waals surface area contributed by atoms with Crippen molar-refractivity contribution in [1.82, 2.24) is 20.4 Å². The molecule has 0 saturated heterocycles. The van der Waals surface area contributed by atoms with Gasteiger partial charge in [0.1, 0.15) is 11.6 Å². The van der Waals surface area contributed by atoms with Gasteiger partial charge in [0, 0.05) is 12.0 Å². The van der Waals surface area contributed by atoms with Crippen molar-refractivity contribution in [3.63, 3.8) is 0 Å². The van der Waals surface area contributed by atoms with E-state index in [1.54, 1.807) is 0 Å². The largest absolute Gasteiger partial charge is 0.361 e. The zero-order valence-electron chi connectivity index (χ0n) is 13.5. The Balaban J connectivity index is 1.61. The summed E-state index contributed by atoms with van der Waals surface area (Å²) in [4.78, 5) is 19.9. The first-order valence-electron chi connectivity index (χ1n) is 7.70. The fraction of sp³-hybridized carbons (Fsp3) is 0.353. The average Bonchev–Trinajstić information content (AvgIpc) is 3.09. The number of aryl methyl sites for hydroxylation is 2. The highest BCUT2D eigenvalue weighted by molar-refractivity contribution is 5.77. The highest BCUT2D eigenvalue weighted by Gasteiger charge is 2.15. The molecular formula is C17H20N4O2. The van der Waals surface area contributed by atoms with Crippen LogP contribution in [0.1, 0.15) is 42.2 Å². The van der Waals surface area contributed by atoms with Gasteiger partial charge in [-0.2, -0.15) is 0 Å². The molecule has 0 aliphatic carbocycles. The van der Waals surface area contributed by atoms with Crippen LogP contribution in [0.25, 0.3) is 11.0 Å². The first-order valence-corrected chi connectivity index (χ1v) is 7.70. The molecule has 6 heteroatoms. The standard InChI is InChI=1S/C17H20N4O2/c1-10-13(12(3)23-21-10)8-9-16(22)18-11(2)17-19-14-6-4-5-7-15(14)20-17/h4-7,11H,8-9H2,1-3H3,(H,18,22)(H,19,20). The number of carbonyl (C=O) groups is 1. The molecule has 2 aromatic heterocycles. The number of aromatic nitrogens is 3. The van der Waals surface area contributed by atoms with Crippen LogP contribution in [0.15, 0.2) is 28.8 Å². The minimum absolute atomic E-state index is 0.0158. The molecule has 1 atom stereocenters. The lowest BCUT2D eigenvalue weighted by molar-refractivity contribution is -0.121. The summed E-state index contributed by atoms with van der Waals surface area (Å²) in [6.07, 6.45) is 1.02. The third kappa shape index (κ3) is 3.26. The Kier molecular flexibility index (Phi) is 4.14. The number of fused-ring (bicyclic) bond motifs is 1. The Morgan fingerprint density at radius 1 is 1.35 bits per heavy atom. The van der Waals surface area contributed by atoms with Gasteiger partial charge in [-0.3, -0.25) is 4.79 Å². The van der Waals surface area contributed by atoms with Gasteiger partial charge in [-0.1, -0.05) is 17.3 Å². The smallest absolute Gasteiger partial charge is 0.220 e. The van der Waals surface area contributed by atoms with Crippen molar-refractivity contribution in [1.29, 1.82) is 0 Å². The molecule has 0 saturated carbocycles. The molecule has 6 nitrogen and oxygen atoms in total. The van der Waals surface area contributed by atoms with E-state index in [1.807, 2.05) is 45.0 Å². The number of nitrogens with zero attached hydrogens (tertiary/aromatic N) is 2. The average molecular weight is 312 g/mol. The summed E-state index contributed by atoms with van der Waals surface area (Å²) in [5.74, 6) is 1.52. The van der Waals surface area contributed by atoms with Crippen LogP contribution >= 0.6 is 0 Å². The lowest BCUT2D eigenvalue weighted by Crippen LogP contribution is -2.27. The van der Waals surface area contributed by atoms with Gasteiger partial charge < -0.3 is 14.8 Å². The highest BCUT2D eigenvalue weighted by Crippen LogP contribution is 2.17. The predicted molar refractivity (Wildman–Crippen MR) is 86.9 cm³/mol. The summed E-state index contributed by atoms with van der Waals surface area (Å²) < 4.78 is 5.11. The minimum Gasteiger partial charge on any atom is -0.361 e. The summed E-state index contributed by atoms with van der Waals surface area (Å²) in [5, 5.41) is 6.88. The second-order valence-electron chi connectivity index (χ2n) is 5.73. The van der Waals surface area contributed by atoms with Crippen LogP contribution in [-0.2, 0) is 11.2 Å². The monoisotopic (exact) mass is 312 g/mol. The van der Waals surface area contributed by atoms with E-state index >= 15 is 0 Å². The second kappa shape index (κ2) is 6.24. The Morgan fingerprint density at radius 2 is 2.13 bits per heavy atom. The third-order valence-electron chi connectivity index (χ3n) is 3.98. The van der Waals surface area contributed by atoms with Gasteiger partial charge in [-0.25, -0.2) is 4.98 Å². The number of benzene rings is 1. The summed E-state index contributed by atoms with van der Waals surface area (Å²) in [6, 6.07) is 7.65. The van der Waals surface area contributed by atoms with Crippen molar-refractivity contribution in [2.24, 2.45) is 0 Å². The fourth-order valence-electron chi connectivity index (χ4n) is 2.66. The zero-order valence-corrected chi connectivity index (χ0v) is 13.5. The molecule has 3 aromatic rings. The summed E-state index contributed by atoms with van der Waals surface area (Å²) >= 11 is 0. The number of amides is 1. The maximum absolute atomic E-state index is 12.2. The van der Waals surface area contributed by atoms with E-state index in [0.717, 1.165) is 33.9 Å². The van der Waals surface area contributed by atoms with E-state index < -0.39 is 0 Å². The zero-order chi connectivity index (χ0) is 16.4. The Morgan fingerprint density at radius 3 is 2.83 bits per heavy atom. The van der Waals surface area contributed by atoms with E-state index in [1.165, 1.54) is 0 Å². The topological polar surface area (TPSA) is 83.8 Å². The second-order valence-corrected chi connectivity index (χ2v) is 5.73. The Hall–Kier alpha value is -2.63. The van der Waals surface area contributed by atoms with Crippen molar-refractivity contribution in [3.05, 3.63) is 47.1 Å². The summed E-state index contributed by atoms with van der Waals surface area (Å²) in [5.41, 5.74) is 3.73. The number of imidazole rings is 1. The van der Waals surface area contributed by atoms with Crippen LogP contribution in [0.5, 0.6) is 0 Å². The summed E-state index contributed by atoms with van der Waals surface area (Å²) in [6.45, 7) is 5.68. The molecule has 1 aromatic carbocycles. The third-order valence-corrected chi connectivity index (χ3v) is 3.98. The number of nitrogens with one attached hydrogen (secondary N) is 2. The van der Waals surface area contributed by atoms with Gasteiger partial charge in [-0.15, -0.1) is 0 Å². The number of aromatic amines is 1. The Bertz CT molecular complexity index is 782. The predicted octanol–water partition coefficient (Wildman–Crippen LogP) is 2.98. The number of hydrogen-bond donors (Lipinski definition) is 2. The lowest BCUT2D eigenvalue weighted by Gasteiger charge is -2.11. The van der Waals surface area contributed by atoms with E-state index in [9.17, 15) is 4.79 Å². The molecule has 0 radical (unpaired) electrons. The van der Waals surface area contributed by atoms with E-state index in [0.29, 0.717) is 12.8 Å². The van der Waals surface area contributed by atoms with Crippen molar-refractivity contribution in [2.45, 2.75) is 39.7 Å². The Labute approximate surface area is 134 Å². The van der Waals surface area contributed by atoms with Crippen molar-refractivity contribution in [3.8, 4) is 0 Å². The quantitative estimate of drug-likeness (QED) is 0.758. The molecule has 1 amide bonds. The normalized spacial score (nSPS) is 12.5. The van der Waals surface area contributed by atoms with Crippen LogP contribution in [0.2, 0.25) is 0 Å². The first-order chi connectivity index (χ1) is 11.0. The van der Waals surface area contributed by atoms with Gasteiger partial charge in [0.25, 0.3) is 0 Å². The van der Waals surface area contributed by atoms with Gasteiger partial charge >= 0.3 is 0 Å². The molecule has 0 fully saturated rings. The van der Waals surface area contributed by atoms with Crippen LogP contribution in [0, 0.1) is 13.8 Å². The van der Waals surface area contributed by atoms with Crippen LogP contribution in [0.3, 0.4) is 0 Å². The van der Waals surface area contributed by atoms with Crippen molar-refractivity contribution >= 4 is 16.9 Å². The molecule has 1 unspecified atom stereocenters. The molecule has 0 aliphatic heterocycles. The molecule has 0 spiro atoms. The number of rotatable bonds is 5. The van der Waals surface area contributed by atoms with Crippen LogP contribution < -0.4 is 5.32 Å². The molecule has 0 aliphatic rings. The van der Waals surface area contributed by atoms with Crippen molar-refractivity contribution in [2.75, 3.05) is 0 Å². The van der Waals surface area contributed by atoms with Crippen molar-refractivity contribution < 1.29 is 9.32 Å². The van der Waals surface area contributed by atoms with E-state index in [-0.39, 0.29) is 11.9 Å². The number of carbonyl (C=O) groups excluding carboxylic acids is 1. The molecule has 120 valence electrons. The van der Waals surface area contributed by atoms with Crippen LogP contribution in [-0.4, -0.2) is 21.0 Å². The van der Waals surface area contributed by atoms with Gasteiger partial charge in [0.15, 0.2) is 0 Å². The van der Waals surface area contributed by atoms with Gasteiger partial charge in [0.2, 0.25) is 5.91 Å². The SMILES string of the molecule is Cc1noc(C)c1CCC(=O)NC(C)c1nc2ccccc2[nH]1. The van der Waals surface area contributed by atoms with E-state index in [4.69, 9.17) is 4.52 Å². The minimum atomic E-state index is -0.167. The number of H-pyrrole nitrogens is 1. The molecule has 23 heavy (non-hydrogen) atoms. The molecule has 2 N–H and O–H groups in total.